The van der Waals surface area contributed by atoms with E-state index in [1.165, 1.54) is 29.3 Å². The van der Waals surface area contributed by atoms with Crippen LogP contribution in [0.4, 0.5) is 10.5 Å². The minimum atomic E-state index is -1.09. The molecule has 3 aromatic rings. The van der Waals surface area contributed by atoms with Gasteiger partial charge in [-0.25, -0.2) is 9.59 Å². The highest BCUT2D eigenvalue weighted by Crippen LogP contribution is 2.44. The summed E-state index contributed by atoms with van der Waals surface area (Å²) in [5, 5.41) is 14.7. The lowest BCUT2D eigenvalue weighted by Gasteiger charge is -2.14. The van der Waals surface area contributed by atoms with Crippen LogP contribution in [0.3, 0.4) is 0 Å². The van der Waals surface area contributed by atoms with Gasteiger partial charge in [0.25, 0.3) is 0 Å². The van der Waals surface area contributed by atoms with E-state index in [9.17, 15) is 14.4 Å². The molecule has 0 unspecified atom stereocenters. The Morgan fingerprint density at radius 1 is 0.971 bits per heavy atom. The Kier molecular flexibility index (Phi) is 6.17. The fourth-order valence-corrected chi connectivity index (χ4v) is 4.86. The summed E-state index contributed by atoms with van der Waals surface area (Å²) < 4.78 is 5.54. The van der Waals surface area contributed by atoms with Crippen LogP contribution in [0.15, 0.2) is 66.7 Å². The van der Waals surface area contributed by atoms with E-state index in [-0.39, 0.29) is 40.9 Å². The summed E-state index contributed by atoms with van der Waals surface area (Å²) in [5.74, 6) is -1.56. The SMILES string of the molecule is O=C(NC[C@H]1C[C@H]1C(=O)Nc1ccc(C(=O)O)cc1Cl)OCC1c2ccccc2-c2ccccc21. The standard InChI is InChI=1S/C27H23ClN2O5/c28-23-12-15(26(32)33)9-10-24(23)30-25(31)21-11-16(21)13-29-27(34)35-14-22-19-7-3-1-5-17(19)18-6-2-4-8-20(18)22/h1-10,12,16,21-22H,11,13-14H2,(H,29,34)(H,30,31)(H,32,33)/t16-,21-/m1/s1. The Bertz CT molecular complexity index is 1280. The third kappa shape index (κ3) is 4.72. The number of fused-ring (bicyclic) bond motifs is 3. The molecular formula is C27H23ClN2O5. The molecule has 2 amide bonds. The first-order chi connectivity index (χ1) is 16.9. The predicted molar refractivity (Wildman–Crippen MR) is 132 cm³/mol. The average Bonchev–Trinajstić information content (AvgIpc) is 3.58. The zero-order valence-electron chi connectivity index (χ0n) is 18.7. The van der Waals surface area contributed by atoms with Gasteiger partial charge in [0.15, 0.2) is 0 Å². The van der Waals surface area contributed by atoms with Gasteiger partial charge in [-0.15, -0.1) is 0 Å². The molecule has 0 aliphatic heterocycles. The van der Waals surface area contributed by atoms with Crippen LogP contribution in [-0.4, -0.2) is 36.2 Å². The largest absolute Gasteiger partial charge is 0.478 e. The Morgan fingerprint density at radius 3 is 2.26 bits per heavy atom. The van der Waals surface area contributed by atoms with Crippen LogP contribution < -0.4 is 10.6 Å². The summed E-state index contributed by atoms with van der Waals surface area (Å²) in [4.78, 5) is 35.9. The molecule has 0 bridgehead atoms. The summed E-state index contributed by atoms with van der Waals surface area (Å²) >= 11 is 6.08. The Morgan fingerprint density at radius 2 is 1.63 bits per heavy atom. The number of nitrogens with one attached hydrogen (secondary N) is 2. The van der Waals surface area contributed by atoms with Crippen molar-refractivity contribution in [2.24, 2.45) is 11.8 Å². The second-order valence-corrected chi connectivity index (χ2v) is 9.20. The summed E-state index contributed by atoms with van der Waals surface area (Å²) in [6, 6.07) is 20.4. The number of carboxylic acids is 1. The van der Waals surface area contributed by atoms with Gasteiger partial charge in [0.05, 0.1) is 16.3 Å². The van der Waals surface area contributed by atoms with E-state index in [4.69, 9.17) is 21.4 Å². The quantitative estimate of drug-likeness (QED) is 0.424. The smallest absolute Gasteiger partial charge is 0.407 e. The van der Waals surface area contributed by atoms with Gasteiger partial charge in [0.1, 0.15) is 6.61 Å². The third-order valence-corrected chi connectivity index (χ3v) is 6.90. The van der Waals surface area contributed by atoms with Gasteiger partial charge in [-0.2, -0.15) is 0 Å². The van der Waals surface area contributed by atoms with Gasteiger partial charge in [-0.1, -0.05) is 60.1 Å². The van der Waals surface area contributed by atoms with Crippen molar-refractivity contribution in [3.8, 4) is 11.1 Å². The second-order valence-electron chi connectivity index (χ2n) is 8.80. The Labute approximate surface area is 207 Å². The van der Waals surface area contributed by atoms with E-state index in [2.05, 4.69) is 34.9 Å². The van der Waals surface area contributed by atoms with Gasteiger partial charge in [0, 0.05) is 18.4 Å². The minimum Gasteiger partial charge on any atom is -0.478 e. The number of anilines is 1. The molecule has 0 aromatic heterocycles. The Balaban J connectivity index is 1.10. The molecule has 3 N–H and O–H groups in total. The van der Waals surface area contributed by atoms with Crippen molar-refractivity contribution in [1.29, 1.82) is 0 Å². The van der Waals surface area contributed by atoms with Gasteiger partial charge in [0.2, 0.25) is 5.91 Å². The number of halogens is 1. The summed E-state index contributed by atoms with van der Waals surface area (Å²) in [6.45, 7) is 0.569. The van der Waals surface area contributed by atoms with Crippen molar-refractivity contribution in [2.75, 3.05) is 18.5 Å². The van der Waals surface area contributed by atoms with Gasteiger partial charge in [-0.3, -0.25) is 4.79 Å². The van der Waals surface area contributed by atoms with Crippen LogP contribution >= 0.6 is 11.6 Å². The minimum absolute atomic E-state index is 0.00699. The van der Waals surface area contributed by atoms with E-state index in [1.54, 1.807) is 0 Å². The van der Waals surface area contributed by atoms with Crippen molar-refractivity contribution in [1.82, 2.24) is 5.32 Å². The molecule has 1 saturated carbocycles. The lowest BCUT2D eigenvalue weighted by Crippen LogP contribution is -2.29. The molecule has 2 aliphatic carbocycles. The average molecular weight is 491 g/mol. The maximum absolute atomic E-state index is 12.5. The van der Waals surface area contributed by atoms with Crippen LogP contribution in [0.2, 0.25) is 5.02 Å². The molecule has 178 valence electrons. The number of rotatable bonds is 7. The number of hydrogen-bond acceptors (Lipinski definition) is 4. The predicted octanol–water partition coefficient (Wildman–Crippen LogP) is 5.15. The molecule has 0 spiro atoms. The number of aromatic carboxylic acids is 1. The van der Waals surface area contributed by atoms with E-state index in [1.807, 2.05) is 24.3 Å². The summed E-state index contributed by atoms with van der Waals surface area (Å²) in [6.07, 6.45) is 0.130. The van der Waals surface area contributed by atoms with Crippen molar-refractivity contribution in [3.05, 3.63) is 88.4 Å². The molecule has 2 atom stereocenters. The molecule has 0 radical (unpaired) electrons. The van der Waals surface area contributed by atoms with Crippen LogP contribution in [0.1, 0.15) is 33.8 Å². The molecule has 7 nitrogen and oxygen atoms in total. The highest BCUT2D eigenvalue weighted by atomic mass is 35.5. The zero-order valence-corrected chi connectivity index (χ0v) is 19.4. The van der Waals surface area contributed by atoms with Crippen molar-refractivity contribution in [3.63, 3.8) is 0 Å². The van der Waals surface area contributed by atoms with Crippen LogP contribution in [0.25, 0.3) is 11.1 Å². The topological polar surface area (TPSA) is 105 Å². The summed E-state index contributed by atoms with van der Waals surface area (Å²) in [7, 11) is 0. The second kappa shape index (κ2) is 9.43. The molecule has 3 aromatic carbocycles. The lowest BCUT2D eigenvalue weighted by molar-refractivity contribution is -0.117. The first-order valence-electron chi connectivity index (χ1n) is 11.3. The molecular weight excluding hydrogens is 468 g/mol. The first-order valence-corrected chi connectivity index (χ1v) is 11.7. The van der Waals surface area contributed by atoms with Crippen LogP contribution in [0, 0.1) is 11.8 Å². The van der Waals surface area contributed by atoms with Crippen molar-refractivity contribution >= 4 is 35.3 Å². The number of amides is 2. The number of hydrogen-bond donors (Lipinski definition) is 3. The number of alkyl carbamates (subject to hydrolysis) is 1. The van der Waals surface area contributed by atoms with E-state index in [0.717, 1.165) is 11.1 Å². The third-order valence-electron chi connectivity index (χ3n) is 6.59. The molecule has 35 heavy (non-hydrogen) atoms. The maximum atomic E-state index is 12.5. The van der Waals surface area contributed by atoms with Crippen molar-refractivity contribution < 1.29 is 24.2 Å². The van der Waals surface area contributed by atoms with E-state index < -0.39 is 12.1 Å². The first kappa shape index (κ1) is 22.9. The van der Waals surface area contributed by atoms with Crippen LogP contribution in [-0.2, 0) is 9.53 Å². The molecule has 2 aliphatic rings. The normalized spacial score (nSPS) is 17.7. The number of ether oxygens (including phenoxy) is 1. The molecule has 5 rings (SSSR count). The van der Waals surface area contributed by atoms with Gasteiger partial charge >= 0.3 is 12.1 Å². The maximum Gasteiger partial charge on any atom is 0.407 e. The van der Waals surface area contributed by atoms with E-state index >= 15 is 0 Å². The molecule has 0 heterocycles. The number of carbonyl (C=O) groups excluding carboxylic acids is 2. The lowest BCUT2D eigenvalue weighted by atomic mass is 9.98. The van der Waals surface area contributed by atoms with Gasteiger partial charge < -0.3 is 20.5 Å². The fourth-order valence-electron chi connectivity index (χ4n) is 4.63. The molecule has 1 fully saturated rings. The van der Waals surface area contributed by atoms with E-state index in [0.29, 0.717) is 18.7 Å². The fraction of sp³-hybridized carbons (Fsp3) is 0.222. The number of carbonyl (C=O) groups is 3. The number of benzene rings is 3. The highest BCUT2D eigenvalue weighted by molar-refractivity contribution is 6.34. The van der Waals surface area contributed by atoms with Crippen LogP contribution in [0.5, 0.6) is 0 Å². The summed E-state index contributed by atoms with van der Waals surface area (Å²) in [5.41, 5.74) is 5.04. The number of carboxylic acid groups (broad SMARTS) is 1. The van der Waals surface area contributed by atoms with Gasteiger partial charge in [-0.05, 0) is 52.8 Å². The molecule has 8 heteroatoms. The highest BCUT2D eigenvalue weighted by Gasteiger charge is 2.43. The zero-order chi connectivity index (χ0) is 24.5. The monoisotopic (exact) mass is 490 g/mol. The molecule has 0 saturated heterocycles. The van der Waals surface area contributed by atoms with Crippen molar-refractivity contribution in [2.45, 2.75) is 12.3 Å². The Hall–Kier alpha value is -3.84.